The fourth-order valence-electron chi connectivity index (χ4n) is 1.56. The van der Waals surface area contributed by atoms with Gasteiger partial charge in [0, 0.05) is 19.2 Å². The quantitative estimate of drug-likeness (QED) is 0.123. The van der Waals surface area contributed by atoms with Crippen molar-refractivity contribution in [1.82, 2.24) is 0 Å². The topological polar surface area (TPSA) is 159 Å². The molecule has 0 saturated heterocycles. The van der Waals surface area contributed by atoms with Crippen molar-refractivity contribution in [2.75, 3.05) is 0 Å². The number of ether oxygens (including phenoxy) is 1. The Labute approximate surface area is 145 Å². The van der Waals surface area contributed by atoms with Gasteiger partial charge in [-0.25, -0.2) is 13.4 Å². The molecule has 0 N–H and O–H groups in total. The van der Waals surface area contributed by atoms with Crippen LogP contribution in [0.3, 0.4) is 0 Å². The predicted octanol–water partition coefficient (Wildman–Crippen LogP) is 4.66. The van der Waals surface area contributed by atoms with Gasteiger partial charge in [0.25, 0.3) is 10.0 Å². The third kappa shape index (κ3) is 5.49. The summed E-state index contributed by atoms with van der Waals surface area (Å²) >= 11 is 0.836. The molecule has 0 spiro atoms. The van der Waals surface area contributed by atoms with Gasteiger partial charge in [-0.2, -0.15) is 0 Å². The second kappa shape index (κ2) is 8.68. The Balaban J connectivity index is 2.00. The van der Waals surface area contributed by atoms with Crippen LogP contribution in [0.4, 0.5) is 0 Å². The first-order valence-electron chi connectivity index (χ1n) is 6.29. The lowest BCUT2D eigenvalue weighted by atomic mass is 10.3. The van der Waals surface area contributed by atoms with Crippen LogP contribution in [0.15, 0.2) is 68.1 Å². The molecule has 0 fully saturated rings. The number of rotatable bonds is 8. The Bertz CT molecular complexity index is 919. The van der Waals surface area contributed by atoms with Crippen LogP contribution in [0.2, 0.25) is 0 Å². The van der Waals surface area contributed by atoms with Crippen LogP contribution in [-0.4, -0.2) is 8.42 Å². The van der Waals surface area contributed by atoms with Crippen LogP contribution in [0.5, 0.6) is 11.5 Å². The van der Waals surface area contributed by atoms with Crippen molar-refractivity contribution in [3.05, 3.63) is 69.4 Å². The molecule has 2 aromatic rings. The number of nitrogens with zero attached hydrogens (tertiary/aromatic N) is 6. The Morgan fingerprint density at radius 1 is 0.920 bits per heavy atom. The van der Waals surface area contributed by atoms with E-state index in [4.69, 9.17) is 15.8 Å². The van der Waals surface area contributed by atoms with Gasteiger partial charge in [-0.15, -0.1) is 4.33 Å². The third-order valence-corrected chi connectivity index (χ3v) is 4.30. The highest BCUT2D eigenvalue weighted by Crippen LogP contribution is 2.27. The number of hydrogen-bond donors (Lipinski definition) is 0. The molecule has 128 valence electrons. The normalized spacial score (nSPS) is 10.2. The van der Waals surface area contributed by atoms with E-state index >= 15 is 0 Å². The summed E-state index contributed by atoms with van der Waals surface area (Å²) in [5.41, 5.74) is 16.2. The molecule has 0 atom stereocenters. The van der Waals surface area contributed by atoms with E-state index in [0.29, 0.717) is 16.4 Å². The van der Waals surface area contributed by atoms with Gasteiger partial charge in [0.1, 0.15) is 16.8 Å². The maximum Gasteiger partial charge on any atom is 0.264 e. The Morgan fingerprint density at radius 2 is 1.52 bits per heavy atom. The first-order valence-corrected chi connectivity index (χ1v) is 8.47. The molecule has 0 radical (unpaired) electrons. The minimum atomic E-state index is -4.02. The van der Waals surface area contributed by atoms with E-state index in [1.54, 1.807) is 24.3 Å². The Morgan fingerprint density at radius 3 is 2.08 bits per heavy atom. The van der Waals surface area contributed by atoms with Gasteiger partial charge in [0.15, 0.2) is 0 Å². The highest BCUT2D eigenvalue weighted by atomic mass is 32.2. The van der Waals surface area contributed by atoms with Gasteiger partial charge in [-0.3, -0.25) is 0 Å². The summed E-state index contributed by atoms with van der Waals surface area (Å²) in [5, 5.41) is 2.74. The Kier molecular flexibility index (Phi) is 6.34. The monoisotopic (exact) mass is 380 g/mol. The van der Waals surface area contributed by atoms with Crippen molar-refractivity contribution < 1.29 is 22.5 Å². The third-order valence-electron chi connectivity index (χ3n) is 2.56. The van der Waals surface area contributed by atoms with Crippen LogP contribution in [-0.2, 0) is 19.3 Å². The molecule has 0 aromatic heterocycles. The highest BCUT2D eigenvalue weighted by molar-refractivity contribution is 7.94. The standard InChI is InChI=1S/C12H8N6O5S2/c13-15-17-22-23-24-11-5-1-9(2-6-11)21-10-3-7-12(8-4-10)25(19,20)18-16-14/h1-8H. The first-order chi connectivity index (χ1) is 12.0. The van der Waals surface area contributed by atoms with Gasteiger partial charge in [0.05, 0.1) is 16.9 Å². The van der Waals surface area contributed by atoms with Crippen molar-refractivity contribution in [2.45, 2.75) is 9.79 Å². The smallest absolute Gasteiger partial charge is 0.264 e. The molecule has 0 saturated carbocycles. The van der Waals surface area contributed by atoms with E-state index in [1.165, 1.54) is 24.3 Å². The zero-order valence-electron chi connectivity index (χ0n) is 12.2. The zero-order valence-corrected chi connectivity index (χ0v) is 13.8. The maximum atomic E-state index is 11.6. The lowest BCUT2D eigenvalue weighted by molar-refractivity contribution is -0.193. The number of azide groups is 2. The maximum absolute atomic E-state index is 11.6. The Hall–Kier alpha value is -3.08. The molecule has 2 rings (SSSR count). The van der Waals surface area contributed by atoms with Crippen molar-refractivity contribution in [3.63, 3.8) is 0 Å². The molecule has 0 bridgehead atoms. The van der Waals surface area contributed by atoms with Crippen LogP contribution >= 0.6 is 12.0 Å². The van der Waals surface area contributed by atoms with Crippen molar-refractivity contribution in [2.24, 2.45) is 9.80 Å². The average Bonchev–Trinajstić information content (AvgIpc) is 2.61. The summed E-state index contributed by atoms with van der Waals surface area (Å²) in [7, 11) is -4.02. The van der Waals surface area contributed by atoms with Crippen molar-refractivity contribution in [3.8, 4) is 11.5 Å². The van der Waals surface area contributed by atoms with Gasteiger partial charge in [-0.05, 0) is 59.6 Å². The summed E-state index contributed by atoms with van der Waals surface area (Å²) in [4.78, 5) is 9.27. The van der Waals surface area contributed by atoms with E-state index in [9.17, 15) is 8.42 Å². The second-order valence-electron chi connectivity index (χ2n) is 4.09. The minimum Gasteiger partial charge on any atom is -0.457 e. The molecule has 25 heavy (non-hydrogen) atoms. The first kappa shape index (κ1) is 18.3. The summed E-state index contributed by atoms with van der Waals surface area (Å²) in [5.74, 6) is 0.884. The molecular formula is C12H8N6O5S2. The summed E-state index contributed by atoms with van der Waals surface area (Å²) in [6, 6.07) is 12.0. The average molecular weight is 380 g/mol. The van der Waals surface area contributed by atoms with Gasteiger partial charge >= 0.3 is 0 Å². The number of benzene rings is 2. The van der Waals surface area contributed by atoms with Gasteiger partial charge in [0.2, 0.25) is 0 Å². The van der Waals surface area contributed by atoms with Crippen molar-refractivity contribution in [1.29, 1.82) is 0 Å². The van der Waals surface area contributed by atoms with Crippen LogP contribution in [0.25, 0.3) is 20.9 Å². The van der Waals surface area contributed by atoms with Gasteiger partial charge in [-0.1, -0.05) is 0 Å². The molecule has 0 heterocycles. The SMILES string of the molecule is [N-]=[N+]=NOOSc1ccc(Oc2ccc(S(=O)(=O)N=[N+]=[N-])cc2)cc1. The lowest BCUT2D eigenvalue weighted by Gasteiger charge is -2.07. The fraction of sp³-hybridized carbons (Fsp3) is 0. The van der Waals surface area contributed by atoms with Crippen LogP contribution < -0.4 is 4.74 Å². The van der Waals surface area contributed by atoms with E-state index in [0.717, 1.165) is 12.0 Å². The summed E-state index contributed by atoms with van der Waals surface area (Å²) in [6.45, 7) is 0. The molecule has 2 aromatic carbocycles. The predicted molar refractivity (Wildman–Crippen MR) is 86.5 cm³/mol. The second-order valence-corrected chi connectivity index (χ2v) is 6.45. The summed E-state index contributed by atoms with van der Waals surface area (Å²) in [6.07, 6.45) is 0. The van der Waals surface area contributed by atoms with E-state index in [2.05, 4.69) is 28.9 Å². The molecule has 0 aliphatic heterocycles. The molecular weight excluding hydrogens is 372 g/mol. The van der Waals surface area contributed by atoms with Crippen LogP contribution in [0.1, 0.15) is 0 Å². The molecule has 0 aliphatic rings. The fourth-order valence-corrected chi connectivity index (χ4v) is 2.61. The zero-order chi connectivity index (χ0) is 18.1. The molecule has 0 unspecified atom stereocenters. The molecule has 13 heteroatoms. The summed E-state index contributed by atoms with van der Waals surface area (Å²) < 4.78 is 36.0. The van der Waals surface area contributed by atoms with E-state index < -0.39 is 10.0 Å². The van der Waals surface area contributed by atoms with E-state index in [1.807, 2.05) is 0 Å². The van der Waals surface area contributed by atoms with Crippen molar-refractivity contribution >= 4 is 22.1 Å². The lowest BCUT2D eigenvalue weighted by Crippen LogP contribution is -1.94. The number of sulfonamides is 1. The highest BCUT2D eigenvalue weighted by Gasteiger charge is 2.11. The molecule has 0 amide bonds. The minimum absolute atomic E-state index is 0.137. The van der Waals surface area contributed by atoms with Crippen LogP contribution in [0, 0.1) is 0 Å². The molecule has 0 aliphatic carbocycles. The largest absolute Gasteiger partial charge is 0.457 e. The van der Waals surface area contributed by atoms with Gasteiger partial charge < -0.3 is 4.74 Å². The number of hydrogen-bond acceptors (Lipinski definition) is 7. The van der Waals surface area contributed by atoms with E-state index in [-0.39, 0.29) is 4.90 Å². The molecule has 11 nitrogen and oxygen atoms in total.